The minimum Gasteiger partial charge on any atom is -0.469 e. The second-order valence-corrected chi connectivity index (χ2v) is 5.96. The van der Waals surface area contributed by atoms with Gasteiger partial charge in [0, 0.05) is 0 Å². The van der Waals surface area contributed by atoms with Gasteiger partial charge in [-0.25, -0.2) is 0 Å². The largest absolute Gasteiger partial charge is 0.469 e. The van der Waals surface area contributed by atoms with Crippen LogP contribution < -0.4 is 0 Å². The molecule has 1 atom stereocenters. The molecule has 0 aromatic rings. The van der Waals surface area contributed by atoms with Crippen molar-refractivity contribution in [1.29, 1.82) is 0 Å². The molecule has 0 spiro atoms. The summed E-state index contributed by atoms with van der Waals surface area (Å²) in [6, 6.07) is 0. The van der Waals surface area contributed by atoms with E-state index in [2.05, 4.69) is 32.4 Å². The molecule has 106 valence electrons. The van der Waals surface area contributed by atoms with Gasteiger partial charge < -0.3 is 9.47 Å². The summed E-state index contributed by atoms with van der Waals surface area (Å²) in [5.41, 5.74) is 0.300. The molecule has 0 radical (unpaired) electrons. The van der Waals surface area contributed by atoms with E-state index in [0.29, 0.717) is 17.9 Å². The molecular formula is C14H26O4. The summed E-state index contributed by atoms with van der Waals surface area (Å²) in [5, 5.41) is 0. The topological polar surface area (TPSA) is 52.6 Å². The molecule has 0 heterocycles. The second-order valence-electron chi connectivity index (χ2n) is 5.96. The lowest BCUT2D eigenvalue weighted by molar-refractivity contribution is -0.149. The predicted molar refractivity (Wildman–Crippen MR) is 70.1 cm³/mol. The Morgan fingerprint density at radius 2 is 1.67 bits per heavy atom. The van der Waals surface area contributed by atoms with Crippen LogP contribution in [0, 0.1) is 11.3 Å². The number of methoxy groups -OCH3 is 1. The highest BCUT2D eigenvalue weighted by Crippen LogP contribution is 2.25. The molecule has 0 aromatic heterocycles. The lowest BCUT2D eigenvalue weighted by Gasteiger charge is -2.22. The van der Waals surface area contributed by atoms with Crippen molar-refractivity contribution >= 4 is 11.9 Å². The van der Waals surface area contributed by atoms with E-state index < -0.39 is 0 Å². The maximum Gasteiger partial charge on any atom is 0.306 e. The molecule has 0 aliphatic heterocycles. The summed E-state index contributed by atoms with van der Waals surface area (Å²) in [4.78, 5) is 22.1. The normalized spacial score (nSPS) is 12.9. The van der Waals surface area contributed by atoms with E-state index in [-0.39, 0.29) is 24.8 Å². The Hall–Kier alpha value is -1.06. The highest BCUT2D eigenvalue weighted by atomic mass is 16.5. The highest BCUT2D eigenvalue weighted by molar-refractivity contribution is 5.77. The lowest BCUT2D eigenvalue weighted by Crippen LogP contribution is -2.14. The van der Waals surface area contributed by atoms with Crippen molar-refractivity contribution in [1.82, 2.24) is 0 Å². The molecule has 0 saturated heterocycles. The third-order valence-corrected chi connectivity index (χ3v) is 2.60. The van der Waals surface area contributed by atoms with Gasteiger partial charge in [0.1, 0.15) is 0 Å². The van der Waals surface area contributed by atoms with Gasteiger partial charge in [0.2, 0.25) is 0 Å². The van der Waals surface area contributed by atoms with Crippen molar-refractivity contribution in [2.24, 2.45) is 11.3 Å². The van der Waals surface area contributed by atoms with E-state index in [1.54, 1.807) is 0 Å². The summed E-state index contributed by atoms with van der Waals surface area (Å²) in [5.74, 6) is -0.185. The number of carbonyl (C=O) groups excluding carboxylic acids is 2. The molecule has 0 saturated carbocycles. The smallest absolute Gasteiger partial charge is 0.306 e. The van der Waals surface area contributed by atoms with E-state index in [9.17, 15) is 9.59 Å². The summed E-state index contributed by atoms with van der Waals surface area (Å²) in [7, 11) is 1.31. The zero-order valence-corrected chi connectivity index (χ0v) is 12.2. The fourth-order valence-corrected chi connectivity index (χ4v) is 1.90. The Kier molecular flexibility index (Phi) is 7.64. The van der Waals surface area contributed by atoms with E-state index in [1.807, 2.05) is 0 Å². The van der Waals surface area contributed by atoms with E-state index >= 15 is 0 Å². The summed E-state index contributed by atoms with van der Waals surface area (Å²) in [6.45, 7) is 9.19. The lowest BCUT2D eigenvalue weighted by atomic mass is 9.84. The Morgan fingerprint density at radius 1 is 1.11 bits per heavy atom. The first kappa shape index (κ1) is 16.9. The molecule has 0 rings (SSSR count). The zero-order valence-electron chi connectivity index (χ0n) is 12.2. The Labute approximate surface area is 110 Å². The van der Waals surface area contributed by atoms with Crippen molar-refractivity contribution in [2.45, 2.75) is 53.4 Å². The van der Waals surface area contributed by atoms with Gasteiger partial charge in [-0.2, -0.15) is 0 Å². The number of hydrogen-bond donors (Lipinski definition) is 0. The van der Waals surface area contributed by atoms with Gasteiger partial charge in [-0.1, -0.05) is 27.7 Å². The molecule has 0 amide bonds. The first-order chi connectivity index (χ1) is 8.24. The minimum absolute atomic E-state index is 0.0902. The van der Waals surface area contributed by atoms with E-state index in [1.165, 1.54) is 7.11 Å². The predicted octanol–water partition coefficient (Wildman–Crippen LogP) is 2.95. The van der Waals surface area contributed by atoms with Crippen LogP contribution >= 0.6 is 0 Å². The zero-order chi connectivity index (χ0) is 14.2. The molecule has 0 aliphatic carbocycles. The van der Waals surface area contributed by atoms with Crippen LogP contribution in [0.2, 0.25) is 0 Å². The molecule has 18 heavy (non-hydrogen) atoms. The van der Waals surface area contributed by atoms with Crippen molar-refractivity contribution in [3.05, 3.63) is 0 Å². The van der Waals surface area contributed by atoms with Gasteiger partial charge >= 0.3 is 11.9 Å². The molecule has 0 aliphatic rings. The van der Waals surface area contributed by atoms with Gasteiger partial charge in [-0.3, -0.25) is 9.59 Å². The monoisotopic (exact) mass is 258 g/mol. The number of hydrogen-bond acceptors (Lipinski definition) is 4. The van der Waals surface area contributed by atoms with Crippen LogP contribution in [0.3, 0.4) is 0 Å². The highest BCUT2D eigenvalue weighted by Gasteiger charge is 2.15. The average Bonchev–Trinajstić information content (AvgIpc) is 2.23. The molecule has 0 N–H and O–H groups in total. The fourth-order valence-electron chi connectivity index (χ4n) is 1.90. The summed E-state index contributed by atoms with van der Waals surface area (Å²) in [6.07, 6.45) is 2.15. The van der Waals surface area contributed by atoms with Crippen molar-refractivity contribution in [3.8, 4) is 0 Å². The van der Waals surface area contributed by atoms with Crippen LogP contribution in [0.5, 0.6) is 0 Å². The second kappa shape index (κ2) is 8.11. The quantitative estimate of drug-likeness (QED) is 0.659. The third kappa shape index (κ3) is 10.1. The molecule has 1 unspecified atom stereocenters. The Morgan fingerprint density at radius 3 is 2.17 bits per heavy atom. The van der Waals surface area contributed by atoms with Crippen molar-refractivity contribution in [2.75, 3.05) is 13.7 Å². The van der Waals surface area contributed by atoms with Crippen LogP contribution in [0.1, 0.15) is 53.4 Å². The summed E-state index contributed by atoms with van der Waals surface area (Å²) < 4.78 is 9.53. The molecular weight excluding hydrogens is 232 g/mol. The van der Waals surface area contributed by atoms with Crippen LogP contribution in [0.25, 0.3) is 0 Å². The third-order valence-electron chi connectivity index (χ3n) is 2.60. The Balaban J connectivity index is 3.65. The van der Waals surface area contributed by atoms with Crippen LogP contribution in [0.4, 0.5) is 0 Å². The van der Waals surface area contributed by atoms with Gasteiger partial charge in [-0.15, -0.1) is 0 Å². The number of esters is 2. The maximum absolute atomic E-state index is 11.3. The number of carbonyl (C=O) groups is 2. The first-order valence-corrected chi connectivity index (χ1v) is 6.47. The average molecular weight is 258 g/mol. The molecule has 0 fully saturated rings. The van der Waals surface area contributed by atoms with Crippen LogP contribution in [-0.4, -0.2) is 25.7 Å². The summed E-state index contributed by atoms with van der Waals surface area (Å²) >= 11 is 0. The van der Waals surface area contributed by atoms with Crippen LogP contribution in [0.15, 0.2) is 0 Å². The molecule has 4 heteroatoms. The fraction of sp³-hybridized carbons (Fsp3) is 0.857. The van der Waals surface area contributed by atoms with Crippen LogP contribution in [-0.2, 0) is 19.1 Å². The van der Waals surface area contributed by atoms with Crippen molar-refractivity contribution < 1.29 is 19.1 Å². The maximum atomic E-state index is 11.3. The minimum atomic E-state index is -0.381. The van der Waals surface area contributed by atoms with Gasteiger partial charge in [0.05, 0.1) is 26.6 Å². The SMILES string of the molecule is COC(=O)CCC(=O)OCCC(C)CC(C)(C)C. The Bertz CT molecular complexity index is 265. The van der Waals surface area contributed by atoms with E-state index in [4.69, 9.17) is 4.74 Å². The molecule has 0 aromatic carbocycles. The number of ether oxygens (including phenoxy) is 2. The van der Waals surface area contributed by atoms with Gasteiger partial charge in [0.15, 0.2) is 0 Å². The number of rotatable bonds is 7. The molecule has 4 nitrogen and oxygen atoms in total. The van der Waals surface area contributed by atoms with Crippen molar-refractivity contribution in [3.63, 3.8) is 0 Å². The van der Waals surface area contributed by atoms with E-state index in [0.717, 1.165) is 12.8 Å². The molecule has 0 bridgehead atoms. The first-order valence-electron chi connectivity index (χ1n) is 6.47. The van der Waals surface area contributed by atoms with Gasteiger partial charge in [0.25, 0.3) is 0 Å². The van der Waals surface area contributed by atoms with Gasteiger partial charge in [-0.05, 0) is 24.2 Å². The standard InChI is InChI=1S/C14H26O4/c1-11(10-14(2,3)4)8-9-18-13(16)7-6-12(15)17-5/h11H,6-10H2,1-5H3.